The maximum atomic E-state index is 12.0. The molecule has 21 heavy (non-hydrogen) atoms. The van der Waals surface area contributed by atoms with Crippen LogP contribution in [0.2, 0.25) is 0 Å². The molecule has 2 rings (SSSR count). The minimum absolute atomic E-state index is 0.189. The highest BCUT2D eigenvalue weighted by molar-refractivity contribution is 6.04. The van der Waals surface area contributed by atoms with E-state index in [2.05, 4.69) is 10.3 Å². The average molecular weight is 286 g/mol. The lowest BCUT2D eigenvalue weighted by Crippen LogP contribution is -2.27. The molecule has 5 heteroatoms. The number of hydrogen-bond donors (Lipinski definition) is 2. The van der Waals surface area contributed by atoms with Gasteiger partial charge in [0, 0.05) is 11.8 Å². The van der Waals surface area contributed by atoms with Gasteiger partial charge in [-0.15, -0.1) is 0 Å². The first-order chi connectivity index (χ1) is 9.94. The zero-order valence-corrected chi connectivity index (χ0v) is 12.0. The largest absolute Gasteiger partial charge is 0.491 e. The summed E-state index contributed by atoms with van der Waals surface area (Å²) in [6.45, 7) is 3.53. The summed E-state index contributed by atoms with van der Waals surface area (Å²) in [6, 6.07) is 10.3. The standard InChI is InChI=1S/C16H18N2O3/c1-16(2,20)11-21-14-7-5-12(6-8-14)15(19)18-13-4-3-9-17-10-13/h3-10,20H,11H2,1-2H3,(H,18,19). The maximum absolute atomic E-state index is 12.0. The molecule has 0 fully saturated rings. The van der Waals surface area contributed by atoms with Crippen LogP contribution in [0.4, 0.5) is 5.69 Å². The number of aliphatic hydroxyl groups is 1. The Morgan fingerprint density at radius 3 is 2.57 bits per heavy atom. The van der Waals surface area contributed by atoms with Crippen LogP contribution in [0.15, 0.2) is 48.8 Å². The summed E-state index contributed by atoms with van der Waals surface area (Å²) in [5.74, 6) is 0.395. The highest BCUT2D eigenvalue weighted by atomic mass is 16.5. The predicted molar refractivity (Wildman–Crippen MR) is 80.4 cm³/mol. The van der Waals surface area contributed by atoms with E-state index in [9.17, 15) is 9.90 Å². The summed E-state index contributed by atoms with van der Waals surface area (Å²) >= 11 is 0. The van der Waals surface area contributed by atoms with Gasteiger partial charge < -0.3 is 15.2 Å². The summed E-state index contributed by atoms with van der Waals surface area (Å²) in [5, 5.41) is 12.3. The molecule has 0 unspecified atom stereocenters. The number of hydrogen-bond acceptors (Lipinski definition) is 4. The van der Waals surface area contributed by atoms with Gasteiger partial charge in [0.1, 0.15) is 12.4 Å². The predicted octanol–water partition coefficient (Wildman–Crippen LogP) is 2.48. The molecule has 0 radical (unpaired) electrons. The molecule has 1 amide bonds. The third kappa shape index (κ3) is 4.89. The minimum Gasteiger partial charge on any atom is -0.491 e. The number of nitrogens with zero attached hydrogens (tertiary/aromatic N) is 1. The second kappa shape index (κ2) is 6.37. The summed E-state index contributed by atoms with van der Waals surface area (Å²) in [4.78, 5) is 16.0. The molecular formula is C16H18N2O3. The number of amides is 1. The Balaban J connectivity index is 1.97. The molecule has 1 aromatic heterocycles. The number of anilines is 1. The Labute approximate surface area is 123 Å². The van der Waals surface area contributed by atoms with Gasteiger partial charge >= 0.3 is 0 Å². The Hall–Kier alpha value is -2.40. The molecule has 110 valence electrons. The van der Waals surface area contributed by atoms with Gasteiger partial charge in [0.2, 0.25) is 0 Å². The lowest BCUT2D eigenvalue weighted by molar-refractivity contribution is 0.0285. The number of aromatic nitrogens is 1. The molecule has 0 saturated carbocycles. The topological polar surface area (TPSA) is 71.5 Å². The van der Waals surface area contributed by atoms with Crippen molar-refractivity contribution in [2.45, 2.75) is 19.4 Å². The Bertz CT molecular complexity index is 589. The number of rotatable bonds is 5. The highest BCUT2D eigenvalue weighted by Gasteiger charge is 2.13. The molecule has 0 atom stereocenters. The second-order valence-electron chi connectivity index (χ2n) is 5.32. The monoisotopic (exact) mass is 286 g/mol. The van der Waals surface area contributed by atoms with Gasteiger partial charge in [-0.05, 0) is 50.2 Å². The lowest BCUT2D eigenvalue weighted by atomic mass is 10.1. The summed E-state index contributed by atoms with van der Waals surface area (Å²) in [5.41, 5.74) is 0.274. The van der Waals surface area contributed by atoms with Crippen LogP contribution in [0.3, 0.4) is 0 Å². The van der Waals surface area contributed by atoms with Gasteiger partial charge in [0.25, 0.3) is 5.91 Å². The fourth-order valence-electron chi connectivity index (χ4n) is 1.60. The van der Waals surface area contributed by atoms with Crippen LogP contribution in [-0.4, -0.2) is 28.2 Å². The fraction of sp³-hybridized carbons (Fsp3) is 0.250. The molecular weight excluding hydrogens is 268 g/mol. The average Bonchev–Trinajstić information content (AvgIpc) is 2.46. The van der Waals surface area contributed by atoms with E-state index in [1.54, 1.807) is 62.6 Å². The Morgan fingerprint density at radius 2 is 2.00 bits per heavy atom. The van der Waals surface area contributed by atoms with E-state index in [1.807, 2.05) is 0 Å². The van der Waals surface area contributed by atoms with Crippen molar-refractivity contribution in [1.29, 1.82) is 0 Å². The van der Waals surface area contributed by atoms with Crippen molar-refractivity contribution in [3.63, 3.8) is 0 Å². The van der Waals surface area contributed by atoms with Gasteiger partial charge in [-0.3, -0.25) is 9.78 Å². The van der Waals surface area contributed by atoms with E-state index < -0.39 is 5.60 Å². The van der Waals surface area contributed by atoms with Gasteiger partial charge in [0.15, 0.2) is 0 Å². The van der Waals surface area contributed by atoms with Crippen molar-refractivity contribution in [3.8, 4) is 5.75 Å². The van der Waals surface area contributed by atoms with Crippen LogP contribution in [-0.2, 0) is 0 Å². The van der Waals surface area contributed by atoms with Crippen LogP contribution in [0.5, 0.6) is 5.75 Å². The molecule has 2 N–H and O–H groups in total. The van der Waals surface area contributed by atoms with Crippen molar-refractivity contribution >= 4 is 11.6 Å². The molecule has 0 bridgehead atoms. The minimum atomic E-state index is -0.893. The second-order valence-corrected chi connectivity index (χ2v) is 5.32. The van der Waals surface area contributed by atoms with Gasteiger partial charge in [-0.2, -0.15) is 0 Å². The first-order valence-corrected chi connectivity index (χ1v) is 6.61. The number of benzene rings is 1. The lowest BCUT2D eigenvalue weighted by Gasteiger charge is -2.17. The zero-order chi connectivity index (χ0) is 15.3. The van der Waals surface area contributed by atoms with E-state index in [-0.39, 0.29) is 12.5 Å². The van der Waals surface area contributed by atoms with Crippen LogP contribution >= 0.6 is 0 Å². The van der Waals surface area contributed by atoms with Gasteiger partial charge in [-0.25, -0.2) is 0 Å². The van der Waals surface area contributed by atoms with E-state index in [4.69, 9.17) is 4.74 Å². The molecule has 0 spiro atoms. The molecule has 1 aromatic carbocycles. The molecule has 5 nitrogen and oxygen atoms in total. The van der Waals surface area contributed by atoms with Crippen LogP contribution in [0.1, 0.15) is 24.2 Å². The number of carbonyl (C=O) groups excluding carboxylic acids is 1. The molecule has 1 heterocycles. The number of pyridine rings is 1. The van der Waals surface area contributed by atoms with Crippen LogP contribution < -0.4 is 10.1 Å². The Kier molecular flexibility index (Phi) is 4.55. The zero-order valence-electron chi connectivity index (χ0n) is 12.0. The molecule has 2 aromatic rings. The van der Waals surface area contributed by atoms with Gasteiger partial charge in [0.05, 0.1) is 17.5 Å². The SMILES string of the molecule is CC(C)(O)COc1ccc(C(=O)Nc2cccnc2)cc1. The van der Waals surface area contributed by atoms with Crippen molar-refractivity contribution in [3.05, 3.63) is 54.4 Å². The smallest absolute Gasteiger partial charge is 0.255 e. The normalized spacial score (nSPS) is 11.0. The number of nitrogens with one attached hydrogen (secondary N) is 1. The highest BCUT2D eigenvalue weighted by Crippen LogP contribution is 2.15. The van der Waals surface area contributed by atoms with E-state index in [0.717, 1.165) is 0 Å². The first kappa shape index (κ1) is 15.0. The maximum Gasteiger partial charge on any atom is 0.255 e. The van der Waals surface area contributed by atoms with E-state index in [1.165, 1.54) is 0 Å². The third-order valence-corrected chi connectivity index (χ3v) is 2.63. The fourth-order valence-corrected chi connectivity index (χ4v) is 1.60. The summed E-state index contributed by atoms with van der Waals surface area (Å²) in [6.07, 6.45) is 3.23. The van der Waals surface area contributed by atoms with Gasteiger partial charge in [-0.1, -0.05) is 0 Å². The molecule has 0 aliphatic carbocycles. The quantitative estimate of drug-likeness (QED) is 0.885. The Morgan fingerprint density at radius 1 is 1.29 bits per heavy atom. The first-order valence-electron chi connectivity index (χ1n) is 6.61. The van der Waals surface area contributed by atoms with Crippen molar-refractivity contribution in [2.24, 2.45) is 0 Å². The number of carbonyl (C=O) groups is 1. The van der Waals surface area contributed by atoms with Crippen molar-refractivity contribution in [1.82, 2.24) is 4.98 Å². The third-order valence-electron chi connectivity index (χ3n) is 2.63. The molecule has 0 saturated heterocycles. The van der Waals surface area contributed by atoms with Crippen molar-refractivity contribution < 1.29 is 14.6 Å². The molecule has 0 aliphatic rings. The molecule has 0 aliphatic heterocycles. The van der Waals surface area contributed by atoms with Crippen LogP contribution in [0, 0.1) is 0 Å². The van der Waals surface area contributed by atoms with Crippen molar-refractivity contribution in [2.75, 3.05) is 11.9 Å². The number of ether oxygens (including phenoxy) is 1. The van der Waals surface area contributed by atoms with E-state index in [0.29, 0.717) is 17.0 Å². The summed E-state index contributed by atoms with van der Waals surface area (Å²) in [7, 11) is 0. The van der Waals surface area contributed by atoms with E-state index >= 15 is 0 Å². The van der Waals surface area contributed by atoms with Crippen LogP contribution in [0.25, 0.3) is 0 Å². The summed E-state index contributed by atoms with van der Waals surface area (Å²) < 4.78 is 5.43.